The smallest absolute Gasteiger partial charge is 0.137 e. The molecule has 0 unspecified atom stereocenters. The number of benzene rings is 1. The Labute approximate surface area is 156 Å². The molecule has 26 heavy (non-hydrogen) atoms. The minimum atomic E-state index is -0.428. The third-order valence-electron chi connectivity index (χ3n) is 5.38. The van der Waals surface area contributed by atoms with Gasteiger partial charge in [-0.2, -0.15) is 0 Å². The van der Waals surface area contributed by atoms with Crippen molar-refractivity contribution in [2.24, 2.45) is 0 Å². The van der Waals surface area contributed by atoms with Crippen molar-refractivity contribution in [3.63, 3.8) is 0 Å². The molecular weight excluding hydrogens is 332 g/mol. The first-order valence-electron chi connectivity index (χ1n) is 10.1. The lowest BCUT2D eigenvalue weighted by Crippen LogP contribution is -3.11. The molecule has 1 aromatic carbocycles. The lowest BCUT2D eigenvalue weighted by atomic mass is 10.3. The molecule has 2 atom stereocenters. The second kappa shape index (κ2) is 10.1. The van der Waals surface area contributed by atoms with Crippen LogP contribution in [0.15, 0.2) is 24.3 Å². The van der Waals surface area contributed by atoms with Crippen molar-refractivity contribution in [2.45, 2.75) is 37.9 Å². The zero-order chi connectivity index (χ0) is 18.2. The highest BCUT2D eigenvalue weighted by Gasteiger charge is 2.20. The molecular formula is C20H34N2O4+2. The van der Waals surface area contributed by atoms with Gasteiger partial charge >= 0.3 is 0 Å². The largest absolute Gasteiger partial charge is 0.491 e. The van der Waals surface area contributed by atoms with Crippen LogP contribution in [-0.4, -0.2) is 74.9 Å². The summed E-state index contributed by atoms with van der Waals surface area (Å²) in [6.45, 7) is 6.81. The molecule has 0 aromatic heterocycles. The number of quaternary nitrogens is 2. The van der Waals surface area contributed by atoms with E-state index in [-0.39, 0.29) is 0 Å². The van der Waals surface area contributed by atoms with Crippen LogP contribution in [0.1, 0.15) is 25.7 Å². The van der Waals surface area contributed by atoms with E-state index in [2.05, 4.69) is 0 Å². The summed E-state index contributed by atoms with van der Waals surface area (Å²) in [6, 6.07) is 7.40. The number of aliphatic hydroxyl groups excluding tert-OH is 2. The molecule has 1 aromatic rings. The quantitative estimate of drug-likeness (QED) is 0.408. The van der Waals surface area contributed by atoms with E-state index in [9.17, 15) is 10.2 Å². The topological polar surface area (TPSA) is 67.8 Å². The summed E-state index contributed by atoms with van der Waals surface area (Å²) >= 11 is 0. The Bertz CT molecular complexity index is 466. The SMILES string of the molecule is O[C@@H](COc1ccc(OC[C@H](O)C[NH+]2CCCC2)cc1)C[NH+]1CCCC1. The Kier molecular flexibility index (Phi) is 7.55. The van der Waals surface area contributed by atoms with Gasteiger partial charge in [0.25, 0.3) is 0 Å². The first kappa shape index (κ1) is 19.4. The number of likely N-dealkylation sites (tertiary alicyclic amines) is 2. The van der Waals surface area contributed by atoms with Crippen molar-refractivity contribution in [3.05, 3.63) is 24.3 Å². The average Bonchev–Trinajstić information content (AvgIpc) is 3.33. The maximum absolute atomic E-state index is 10.1. The van der Waals surface area contributed by atoms with Crippen molar-refractivity contribution >= 4 is 0 Å². The van der Waals surface area contributed by atoms with Gasteiger partial charge in [-0.1, -0.05) is 0 Å². The minimum absolute atomic E-state index is 0.320. The van der Waals surface area contributed by atoms with E-state index < -0.39 is 12.2 Å². The summed E-state index contributed by atoms with van der Waals surface area (Å²) in [4.78, 5) is 2.94. The first-order valence-corrected chi connectivity index (χ1v) is 10.1. The summed E-state index contributed by atoms with van der Waals surface area (Å²) in [5.41, 5.74) is 0. The Morgan fingerprint density at radius 1 is 0.692 bits per heavy atom. The molecule has 2 fully saturated rings. The average molecular weight is 367 g/mol. The van der Waals surface area contributed by atoms with Crippen LogP contribution in [0.3, 0.4) is 0 Å². The summed E-state index contributed by atoms with van der Waals surface area (Å²) in [5, 5.41) is 20.2. The van der Waals surface area contributed by atoms with Gasteiger partial charge in [0.05, 0.1) is 26.2 Å². The van der Waals surface area contributed by atoms with Crippen LogP contribution in [0.5, 0.6) is 11.5 Å². The number of nitrogens with one attached hydrogen (secondary N) is 2. The molecule has 0 aliphatic carbocycles. The van der Waals surface area contributed by atoms with Crippen LogP contribution >= 0.6 is 0 Å². The third-order valence-corrected chi connectivity index (χ3v) is 5.38. The van der Waals surface area contributed by atoms with E-state index >= 15 is 0 Å². The highest BCUT2D eigenvalue weighted by Crippen LogP contribution is 2.17. The van der Waals surface area contributed by atoms with Crippen LogP contribution in [-0.2, 0) is 0 Å². The standard InChI is InChI=1S/C20H32N2O4/c23-17(13-21-9-1-2-10-21)15-25-19-5-7-20(8-6-19)26-16-18(24)14-22-11-3-4-12-22/h5-8,17-18,23-24H,1-4,9-16H2/p+2/t17-,18-/m1/s1. The Morgan fingerprint density at radius 3 is 1.38 bits per heavy atom. The summed E-state index contributed by atoms with van der Waals surface area (Å²) in [7, 11) is 0. The van der Waals surface area contributed by atoms with Crippen LogP contribution in [0.2, 0.25) is 0 Å². The fourth-order valence-electron chi connectivity index (χ4n) is 3.96. The van der Waals surface area contributed by atoms with Crippen molar-refractivity contribution in [2.75, 3.05) is 52.5 Å². The Morgan fingerprint density at radius 2 is 1.04 bits per heavy atom. The summed E-state index contributed by atoms with van der Waals surface area (Å²) in [6.07, 6.45) is 4.19. The van der Waals surface area contributed by atoms with Gasteiger partial charge in [-0.25, -0.2) is 0 Å². The molecule has 2 aliphatic rings. The van der Waals surface area contributed by atoms with Crippen LogP contribution < -0.4 is 19.3 Å². The van der Waals surface area contributed by atoms with Crippen LogP contribution in [0.25, 0.3) is 0 Å². The molecule has 0 radical (unpaired) electrons. The molecule has 6 nitrogen and oxygen atoms in total. The highest BCUT2D eigenvalue weighted by molar-refractivity contribution is 5.31. The van der Waals surface area contributed by atoms with Gasteiger partial charge in [-0.15, -0.1) is 0 Å². The molecule has 0 bridgehead atoms. The van der Waals surface area contributed by atoms with Crippen molar-refractivity contribution < 1.29 is 29.5 Å². The molecule has 0 amide bonds. The van der Waals surface area contributed by atoms with Crippen LogP contribution in [0, 0.1) is 0 Å². The zero-order valence-electron chi connectivity index (χ0n) is 15.7. The van der Waals surface area contributed by atoms with E-state index in [0.717, 1.165) is 50.8 Å². The highest BCUT2D eigenvalue weighted by atomic mass is 16.5. The van der Waals surface area contributed by atoms with E-state index in [1.165, 1.54) is 35.5 Å². The molecule has 146 valence electrons. The van der Waals surface area contributed by atoms with Crippen molar-refractivity contribution in [1.82, 2.24) is 0 Å². The van der Waals surface area contributed by atoms with Gasteiger partial charge < -0.3 is 29.5 Å². The first-order chi connectivity index (χ1) is 12.7. The number of ether oxygens (including phenoxy) is 2. The number of rotatable bonds is 10. The second-order valence-corrected chi connectivity index (χ2v) is 7.72. The monoisotopic (exact) mass is 366 g/mol. The molecule has 0 spiro atoms. The molecule has 6 heteroatoms. The number of aliphatic hydroxyl groups is 2. The van der Waals surface area contributed by atoms with Crippen LogP contribution in [0.4, 0.5) is 0 Å². The molecule has 2 aliphatic heterocycles. The van der Waals surface area contributed by atoms with E-state index in [4.69, 9.17) is 9.47 Å². The third kappa shape index (κ3) is 6.43. The predicted molar refractivity (Wildman–Crippen MR) is 99.0 cm³/mol. The lowest BCUT2D eigenvalue weighted by Gasteiger charge is -2.18. The molecule has 0 saturated carbocycles. The zero-order valence-corrected chi connectivity index (χ0v) is 15.7. The Hall–Kier alpha value is -1.34. The number of hydrogen-bond donors (Lipinski definition) is 4. The lowest BCUT2D eigenvalue weighted by molar-refractivity contribution is -0.890. The van der Waals surface area contributed by atoms with Crippen molar-refractivity contribution in [1.29, 1.82) is 0 Å². The summed E-state index contributed by atoms with van der Waals surface area (Å²) in [5.74, 6) is 1.46. The molecule has 3 rings (SSSR count). The normalized spacial score (nSPS) is 21.0. The van der Waals surface area contributed by atoms with Gasteiger partial charge in [0.15, 0.2) is 0 Å². The van der Waals surface area contributed by atoms with Gasteiger partial charge in [0.2, 0.25) is 0 Å². The predicted octanol–water partition coefficient (Wildman–Crippen LogP) is -1.48. The maximum atomic E-state index is 10.1. The molecule has 2 heterocycles. The summed E-state index contributed by atoms with van der Waals surface area (Å²) < 4.78 is 11.4. The molecule has 2 saturated heterocycles. The Balaban J connectivity index is 1.33. The minimum Gasteiger partial charge on any atom is -0.491 e. The number of hydrogen-bond acceptors (Lipinski definition) is 4. The van der Waals surface area contributed by atoms with Gasteiger partial charge in [-0.3, -0.25) is 0 Å². The van der Waals surface area contributed by atoms with Crippen molar-refractivity contribution in [3.8, 4) is 11.5 Å². The van der Waals surface area contributed by atoms with Gasteiger partial charge in [0, 0.05) is 25.7 Å². The molecule has 4 N–H and O–H groups in total. The second-order valence-electron chi connectivity index (χ2n) is 7.72. The van der Waals surface area contributed by atoms with Gasteiger partial charge in [-0.05, 0) is 24.3 Å². The van der Waals surface area contributed by atoms with E-state index in [0.29, 0.717) is 13.2 Å². The fraction of sp³-hybridized carbons (Fsp3) is 0.700. The van der Waals surface area contributed by atoms with E-state index in [1.54, 1.807) is 0 Å². The van der Waals surface area contributed by atoms with Gasteiger partial charge in [0.1, 0.15) is 50.0 Å². The maximum Gasteiger partial charge on any atom is 0.137 e. The van der Waals surface area contributed by atoms with E-state index in [1.807, 2.05) is 24.3 Å². The fourth-order valence-corrected chi connectivity index (χ4v) is 3.96.